The van der Waals surface area contributed by atoms with Crippen molar-refractivity contribution in [3.8, 4) is 5.75 Å². The maximum atomic E-state index is 12.4. The molecule has 1 atom stereocenters. The Kier molecular flexibility index (Phi) is 7.82. The number of hydrogen-bond acceptors (Lipinski definition) is 4. The quantitative estimate of drug-likeness (QED) is 0.713. The highest BCUT2D eigenvalue weighted by Crippen LogP contribution is 2.15. The fourth-order valence-electron chi connectivity index (χ4n) is 2.68. The van der Waals surface area contributed by atoms with Gasteiger partial charge in [-0.2, -0.15) is 0 Å². The molecule has 0 aliphatic rings. The SMILES string of the molecule is CCN(CC(=O)Nc1ccc(OC)cc1)C(C)C(=O)NCc1ccccc1. The van der Waals surface area contributed by atoms with E-state index in [-0.39, 0.29) is 18.4 Å². The molecular weight excluding hydrogens is 342 g/mol. The largest absolute Gasteiger partial charge is 0.497 e. The molecule has 2 aromatic carbocycles. The first-order chi connectivity index (χ1) is 13.0. The van der Waals surface area contributed by atoms with Gasteiger partial charge in [0.25, 0.3) is 0 Å². The Bertz CT molecular complexity index is 732. The van der Waals surface area contributed by atoms with E-state index in [2.05, 4.69) is 10.6 Å². The molecule has 0 aliphatic carbocycles. The van der Waals surface area contributed by atoms with Gasteiger partial charge in [-0.25, -0.2) is 0 Å². The minimum absolute atomic E-state index is 0.0991. The molecule has 0 fully saturated rings. The van der Waals surface area contributed by atoms with E-state index in [0.29, 0.717) is 18.8 Å². The zero-order valence-electron chi connectivity index (χ0n) is 16.1. The Morgan fingerprint density at radius 2 is 1.74 bits per heavy atom. The van der Waals surface area contributed by atoms with Gasteiger partial charge in [-0.1, -0.05) is 37.3 Å². The summed E-state index contributed by atoms with van der Waals surface area (Å²) in [4.78, 5) is 26.6. The van der Waals surface area contributed by atoms with E-state index in [1.165, 1.54) is 0 Å². The van der Waals surface area contributed by atoms with Gasteiger partial charge in [0.1, 0.15) is 5.75 Å². The zero-order chi connectivity index (χ0) is 19.6. The van der Waals surface area contributed by atoms with E-state index < -0.39 is 6.04 Å². The smallest absolute Gasteiger partial charge is 0.238 e. The number of hydrogen-bond donors (Lipinski definition) is 2. The molecule has 2 amide bonds. The molecule has 2 N–H and O–H groups in total. The van der Waals surface area contributed by atoms with Gasteiger partial charge in [0.15, 0.2) is 0 Å². The summed E-state index contributed by atoms with van der Waals surface area (Å²) < 4.78 is 5.10. The van der Waals surface area contributed by atoms with Crippen molar-refractivity contribution in [2.24, 2.45) is 0 Å². The third-order valence-corrected chi connectivity index (χ3v) is 4.36. The number of nitrogens with zero attached hydrogens (tertiary/aromatic N) is 1. The van der Waals surface area contributed by atoms with Crippen LogP contribution >= 0.6 is 0 Å². The number of methoxy groups -OCH3 is 1. The van der Waals surface area contributed by atoms with Gasteiger partial charge >= 0.3 is 0 Å². The molecule has 0 saturated heterocycles. The van der Waals surface area contributed by atoms with Crippen LogP contribution in [0.1, 0.15) is 19.4 Å². The Morgan fingerprint density at radius 1 is 1.07 bits per heavy atom. The van der Waals surface area contributed by atoms with Crippen molar-refractivity contribution in [2.75, 3.05) is 25.5 Å². The molecule has 0 radical (unpaired) electrons. The van der Waals surface area contributed by atoms with Crippen LogP contribution in [0.25, 0.3) is 0 Å². The number of carbonyl (C=O) groups excluding carboxylic acids is 2. The molecule has 0 aliphatic heterocycles. The summed E-state index contributed by atoms with van der Waals surface area (Å²) in [5.41, 5.74) is 1.73. The van der Waals surface area contributed by atoms with E-state index in [9.17, 15) is 9.59 Å². The Labute approximate surface area is 160 Å². The summed E-state index contributed by atoms with van der Waals surface area (Å²) in [6.45, 7) is 4.95. The van der Waals surface area contributed by atoms with Gasteiger partial charge in [0, 0.05) is 12.2 Å². The lowest BCUT2D eigenvalue weighted by atomic mass is 10.2. The van der Waals surface area contributed by atoms with Crippen molar-refractivity contribution in [1.29, 1.82) is 0 Å². The van der Waals surface area contributed by atoms with Crippen LogP contribution in [0.15, 0.2) is 54.6 Å². The number of benzene rings is 2. The van der Waals surface area contributed by atoms with Crippen molar-refractivity contribution in [3.05, 3.63) is 60.2 Å². The van der Waals surface area contributed by atoms with E-state index >= 15 is 0 Å². The number of ether oxygens (including phenoxy) is 1. The third-order valence-electron chi connectivity index (χ3n) is 4.36. The highest BCUT2D eigenvalue weighted by atomic mass is 16.5. The lowest BCUT2D eigenvalue weighted by Crippen LogP contribution is -2.47. The lowest BCUT2D eigenvalue weighted by molar-refractivity contribution is -0.127. The number of amides is 2. The normalized spacial score (nSPS) is 11.7. The Hall–Kier alpha value is -2.86. The monoisotopic (exact) mass is 369 g/mol. The van der Waals surface area contributed by atoms with Crippen LogP contribution in [0.4, 0.5) is 5.69 Å². The topological polar surface area (TPSA) is 70.7 Å². The number of carbonyl (C=O) groups is 2. The van der Waals surface area contributed by atoms with Crippen molar-refractivity contribution in [2.45, 2.75) is 26.4 Å². The molecule has 0 saturated carbocycles. The summed E-state index contributed by atoms with van der Waals surface area (Å²) in [5.74, 6) is 0.467. The number of rotatable bonds is 9. The minimum atomic E-state index is -0.402. The molecule has 1 unspecified atom stereocenters. The summed E-state index contributed by atoms with van der Waals surface area (Å²) in [6, 6.07) is 16.5. The first kappa shape index (κ1) is 20.5. The first-order valence-electron chi connectivity index (χ1n) is 9.03. The maximum absolute atomic E-state index is 12.4. The Morgan fingerprint density at radius 3 is 2.33 bits per heavy atom. The molecule has 27 heavy (non-hydrogen) atoms. The zero-order valence-corrected chi connectivity index (χ0v) is 16.1. The van der Waals surface area contributed by atoms with Gasteiger partial charge in [-0.3, -0.25) is 14.5 Å². The molecule has 6 heteroatoms. The standard InChI is InChI=1S/C21H27N3O3/c1-4-24(15-20(25)23-18-10-12-19(27-3)13-11-18)16(2)21(26)22-14-17-8-6-5-7-9-17/h5-13,16H,4,14-15H2,1-3H3,(H,22,26)(H,23,25). The second kappa shape index (κ2) is 10.3. The first-order valence-corrected chi connectivity index (χ1v) is 9.03. The Balaban J connectivity index is 1.86. The van der Waals surface area contributed by atoms with Crippen LogP contribution in [-0.4, -0.2) is 43.0 Å². The van der Waals surface area contributed by atoms with Crippen molar-refractivity contribution >= 4 is 17.5 Å². The summed E-state index contributed by atoms with van der Waals surface area (Å²) in [6.07, 6.45) is 0. The average molecular weight is 369 g/mol. The summed E-state index contributed by atoms with van der Waals surface area (Å²) in [5, 5.41) is 5.76. The number of anilines is 1. The van der Waals surface area contributed by atoms with Gasteiger partial charge in [0.2, 0.25) is 11.8 Å². The fourth-order valence-corrected chi connectivity index (χ4v) is 2.68. The van der Waals surface area contributed by atoms with Crippen LogP contribution in [0.5, 0.6) is 5.75 Å². The second-order valence-corrected chi connectivity index (χ2v) is 6.22. The molecule has 0 heterocycles. The van der Waals surface area contributed by atoms with Gasteiger partial charge in [-0.15, -0.1) is 0 Å². The minimum Gasteiger partial charge on any atom is -0.497 e. The van der Waals surface area contributed by atoms with Crippen molar-refractivity contribution < 1.29 is 14.3 Å². The lowest BCUT2D eigenvalue weighted by Gasteiger charge is -2.26. The van der Waals surface area contributed by atoms with Gasteiger partial charge in [0.05, 0.1) is 19.7 Å². The van der Waals surface area contributed by atoms with Crippen molar-refractivity contribution in [1.82, 2.24) is 10.2 Å². The summed E-state index contributed by atoms with van der Waals surface area (Å²) >= 11 is 0. The predicted octanol–water partition coefficient (Wildman–Crippen LogP) is 2.66. The van der Waals surface area contributed by atoms with Crippen LogP contribution < -0.4 is 15.4 Å². The molecule has 0 bridgehead atoms. The van der Waals surface area contributed by atoms with Gasteiger partial charge < -0.3 is 15.4 Å². The number of likely N-dealkylation sites (N-methyl/N-ethyl adjacent to an activating group) is 1. The van der Waals surface area contributed by atoms with Crippen LogP contribution in [0.2, 0.25) is 0 Å². The molecule has 2 rings (SSSR count). The van der Waals surface area contributed by atoms with E-state index in [1.807, 2.05) is 49.1 Å². The van der Waals surface area contributed by atoms with E-state index in [0.717, 1.165) is 11.3 Å². The summed E-state index contributed by atoms with van der Waals surface area (Å²) in [7, 11) is 1.59. The molecule has 144 valence electrons. The molecular formula is C21H27N3O3. The molecule has 2 aromatic rings. The average Bonchev–Trinajstić information content (AvgIpc) is 2.71. The fraction of sp³-hybridized carbons (Fsp3) is 0.333. The van der Waals surface area contributed by atoms with E-state index in [4.69, 9.17) is 4.74 Å². The predicted molar refractivity (Wildman–Crippen MR) is 107 cm³/mol. The molecule has 0 aromatic heterocycles. The third kappa shape index (κ3) is 6.42. The van der Waals surface area contributed by atoms with Gasteiger partial charge in [-0.05, 0) is 43.3 Å². The highest BCUT2D eigenvalue weighted by Gasteiger charge is 2.22. The van der Waals surface area contributed by atoms with Crippen LogP contribution in [0.3, 0.4) is 0 Å². The van der Waals surface area contributed by atoms with Crippen LogP contribution in [-0.2, 0) is 16.1 Å². The second-order valence-electron chi connectivity index (χ2n) is 6.22. The maximum Gasteiger partial charge on any atom is 0.238 e. The molecule has 6 nitrogen and oxygen atoms in total. The van der Waals surface area contributed by atoms with Crippen molar-refractivity contribution in [3.63, 3.8) is 0 Å². The number of nitrogens with one attached hydrogen (secondary N) is 2. The molecule has 0 spiro atoms. The van der Waals surface area contributed by atoms with E-state index in [1.54, 1.807) is 31.4 Å². The highest BCUT2D eigenvalue weighted by molar-refractivity contribution is 5.93. The van der Waals surface area contributed by atoms with Crippen LogP contribution in [0, 0.1) is 0 Å².